The van der Waals surface area contributed by atoms with Gasteiger partial charge < -0.3 is 19.5 Å². The number of fused-ring (bicyclic) bond motifs is 1. The maximum atomic E-state index is 14.2. The Morgan fingerprint density at radius 1 is 1.20 bits per heavy atom. The highest BCUT2D eigenvalue weighted by molar-refractivity contribution is 7.14. The average Bonchev–Trinajstić information content (AvgIpc) is 3.53. The van der Waals surface area contributed by atoms with Crippen LogP contribution in [-0.4, -0.2) is 33.0 Å². The van der Waals surface area contributed by atoms with E-state index in [-0.39, 0.29) is 33.9 Å². The number of amidine groups is 1. The summed E-state index contributed by atoms with van der Waals surface area (Å²) < 4.78 is 47.8. The van der Waals surface area contributed by atoms with Crippen LogP contribution >= 0.6 is 34.5 Å². The van der Waals surface area contributed by atoms with Gasteiger partial charge in [0.1, 0.15) is 5.84 Å². The molecule has 0 radical (unpaired) electrons. The summed E-state index contributed by atoms with van der Waals surface area (Å²) in [5.74, 6) is 0.539. The summed E-state index contributed by atoms with van der Waals surface area (Å²) in [4.78, 5) is 20.6. The predicted molar refractivity (Wildman–Crippen MR) is 121 cm³/mol. The number of aromatic nitrogens is 2. The molecule has 8 nitrogen and oxygen atoms in total. The van der Waals surface area contributed by atoms with Gasteiger partial charge in [-0.05, 0) is 29.8 Å². The van der Waals surface area contributed by atoms with Crippen molar-refractivity contribution in [1.82, 2.24) is 20.4 Å². The molecule has 2 aliphatic rings. The summed E-state index contributed by atoms with van der Waals surface area (Å²) in [6.07, 6.45) is -5.29. The highest BCUT2D eigenvalue weighted by atomic mass is 35.5. The van der Waals surface area contributed by atoms with Gasteiger partial charge in [-0.15, -0.1) is 21.5 Å². The molecule has 2 aliphatic heterocycles. The first-order chi connectivity index (χ1) is 16.5. The second kappa shape index (κ2) is 8.68. The van der Waals surface area contributed by atoms with Crippen molar-refractivity contribution in [2.45, 2.75) is 44.8 Å². The molecule has 0 aliphatic carbocycles. The topological polar surface area (TPSA) is 92.9 Å². The van der Waals surface area contributed by atoms with Crippen LogP contribution in [0.4, 0.5) is 13.2 Å². The van der Waals surface area contributed by atoms with Crippen LogP contribution in [0.2, 0.25) is 10.0 Å². The Hall–Kier alpha value is -2.83. The Labute approximate surface area is 210 Å². The quantitative estimate of drug-likeness (QED) is 0.485. The van der Waals surface area contributed by atoms with E-state index in [1.807, 2.05) is 0 Å². The monoisotopic (exact) mass is 545 g/mol. The molecule has 0 fully saturated rings. The lowest BCUT2D eigenvalue weighted by Gasteiger charge is -2.30. The number of rotatable bonds is 4. The fourth-order valence-electron chi connectivity index (χ4n) is 3.96. The van der Waals surface area contributed by atoms with E-state index in [0.717, 1.165) is 10.4 Å². The zero-order chi connectivity index (χ0) is 25.0. The van der Waals surface area contributed by atoms with Gasteiger partial charge in [0.25, 0.3) is 11.5 Å². The van der Waals surface area contributed by atoms with Crippen LogP contribution in [0, 0.1) is 6.92 Å². The number of thiophene rings is 1. The molecule has 3 aromatic rings. The number of hydrogen-bond acceptors (Lipinski definition) is 8. The van der Waals surface area contributed by atoms with Crippen LogP contribution in [0.25, 0.3) is 0 Å². The van der Waals surface area contributed by atoms with Gasteiger partial charge in [0.05, 0.1) is 24.4 Å². The summed E-state index contributed by atoms with van der Waals surface area (Å²) in [6.45, 7) is 2.35. The molecule has 1 aromatic carbocycles. The highest BCUT2D eigenvalue weighted by Crippen LogP contribution is 2.50. The van der Waals surface area contributed by atoms with Crippen molar-refractivity contribution in [3.05, 3.63) is 67.0 Å². The van der Waals surface area contributed by atoms with Crippen molar-refractivity contribution in [3.63, 3.8) is 0 Å². The normalized spacial score (nSPS) is 19.5. The summed E-state index contributed by atoms with van der Waals surface area (Å²) in [6, 6.07) is 5.43. The molecule has 1 N–H and O–H groups in total. The van der Waals surface area contributed by atoms with E-state index < -0.39 is 18.2 Å². The van der Waals surface area contributed by atoms with Gasteiger partial charge in [0.15, 0.2) is 0 Å². The molecule has 1 atom stereocenters. The third-order valence-corrected chi connectivity index (χ3v) is 7.25. The summed E-state index contributed by atoms with van der Waals surface area (Å²) >= 11 is 13.2. The third-order valence-electron chi connectivity index (χ3n) is 5.65. The van der Waals surface area contributed by atoms with Crippen LogP contribution in [-0.2, 0) is 30.1 Å². The molecule has 0 bridgehead atoms. The first-order valence-electron chi connectivity index (χ1n) is 10.3. The molecule has 1 amide bonds. The molecule has 5 rings (SSSR count). The molecule has 0 saturated heterocycles. The lowest BCUT2D eigenvalue weighted by atomic mass is 9.89. The van der Waals surface area contributed by atoms with Gasteiger partial charge in [-0.2, -0.15) is 13.2 Å². The maximum absolute atomic E-state index is 14.2. The van der Waals surface area contributed by atoms with E-state index in [1.165, 1.54) is 29.5 Å². The Morgan fingerprint density at radius 2 is 1.94 bits per heavy atom. The Morgan fingerprint density at radius 3 is 2.57 bits per heavy atom. The van der Waals surface area contributed by atoms with Crippen LogP contribution in [0.5, 0.6) is 0 Å². The van der Waals surface area contributed by atoms with Crippen molar-refractivity contribution in [1.29, 1.82) is 0 Å². The van der Waals surface area contributed by atoms with E-state index in [0.29, 0.717) is 29.7 Å². The minimum Gasteiger partial charge on any atom is -0.424 e. The largest absolute Gasteiger partial charge is 0.435 e. The van der Waals surface area contributed by atoms with Crippen molar-refractivity contribution in [2.24, 2.45) is 5.16 Å². The molecule has 0 saturated carbocycles. The van der Waals surface area contributed by atoms with Crippen molar-refractivity contribution >= 4 is 46.3 Å². The lowest BCUT2D eigenvalue weighted by molar-refractivity contribution is -0.275. The van der Waals surface area contributed by atoms with Crippen molar-refractivity contribution in [3.8, 4) is 0 Å². The van der Waals surface area contributed by atoms with Gasteiger partial charge in [-0.25, -0.2) is 0 Å². The van der Waals surface area contributed by atoms with Crippen LogP contribution < -0.4 is 5.32 Å². The fraction of sp³-hybridized carbons (Fsp3) is 0.333. The number of aryl methyl sites for hydroxylation is 1. The molecular formula is C21H16Cl2F3N5O3S. The second-order valence-corrected chi connectivity index (χ2v) is 10.1. The molecule has 0 spiro atoms. The van der Waals surface area contributed by atoms with Crippen LogP contribution in [0.1, 0.15) is 43.9 Å². The molecular weight excluding hydrogens is 530 g/mol. The zero-order valence-corrected chi connectivity index (χ0v) is 20.3. The number of alkyl halides is 3. The number of amides is 1. The number of benzene rings is 1. The maximum Gasteiger partial charge on any atom is 0.435 e. The number of nitrogens with one attached hydrogen (secondary N) is 1. The smallest absolute Gasteiger partial charge is 0.424 e. The molecule has 4 heterocycles. The van der Waals surface area contributed by atoms with E-state index in [2.05, 4.69) is 20.7 Å². The van der Waals surface area contributed by atoms with Crippen molar-refractivity contribution < 1.29 is 27.2 Å². The summed E-state index contributed by atoms with van der Waals surface area (Å²) in [5.41, 5.74) is -2.07. The fourth-order valence-corrected chi connectivity index (χ4v) is 5.59. The lowest BCUT2D eigenvalue weighted by Crippen LogP contribution is -2.43. The van der Waals surface area contributed by atoms with E-state index in [9.17, 15) is 18.0 Å². The Kier molecular flexibility index (Phi) is 5.93. The van der Waals surface area contributed by atoms with E-state index in [4.69, 9.17) is 32.5 Å². The first-order valence-corrected chi connectivity index (χ1v) is 11.8. The van der Waals surface area contributed by atoms with E-state index >= 15 is 0 Å². The average molecular weight is 546 g/mol. The Balaban J connectivity index is 1.28. The number of oxime groups is 1. The number of hydrogen-bond donors (Lipinski definition) is 1. The Bertz CT molecular complexity index is 1300. The van der Waals surface area contributed by atoms with Gasteiger partial charge >= 0.3 is 6.18 Å². The molecule has 14 heteroatoms. The molecule has 184 valence electrons. The molecule has 35 heavy (non-hydrogen) atoms. The SMILES string of the molecule is Cc1nnc(CNC(=O)c2cc3c(s2)CN(C2=NOC(c4cc(Cl)cc(Cl)c4)(C(F)(F)F)C2)C3)o1. The number of carbonyl (C=O) groups is 1. The van der Waals surface area contributed by atoms with Gasteiger partial charge in [-0.3, -0.25) is 4.79 Å². The number of carbonyl (C=O) groups excluding carboxylic acids is 1. The van der Waals surface area contributed by atoms with Gasteiger partial charge in [0, 0.05) is 34.0 Å². The van der Waals surface area contributed by atoms with Gasteiger partial charge in [-0.1, -0.05) is 28.4 Å². The predicted octanol–water partition coefficient (Wildman–Crippen LogP) is 5.18. The highest BCUT2D eigenvalue weighted by Gasteiger charge is 2.63. The van der Waals surface area contributed by atoms with Gasteiger partial charge in [0.2, 0.25) is 11.8 Å². The molecule has 1 unspecified atom stereocenters. The second-order valence-electron chi connectivity index (χ2n) is 8.07. The number of halogens is 5. The minimum atomic E-state index is -4.76. The standard InChI is InChI=1S/C21H16Cl2F3N5O3S/c1-10-28-29-18(33-10)7-27-19(32)15-2-11-8-31(9-16(11)35-15)17-6-20(34-30-17,21(24,25)26)12-3-13(22)5-14(23)4-12/h2-5H,6-9H2,1H3,(H,27,32). The summed E-state index contributed by atoms with van der Waals surface area (Å²) in [7, 11) is 0. The zero-order valence-electron chi connectivity index (χ0n) is 17.9. The van der Waals surface area contributed by atoms with Crippen LogP contribution in [0.3, 0.4) is 0 Å². The molecule has 2 aromatic heterocycles. The first kappa shape index (κ1) is 23.9. The number of nitrogens with zero attached hydrogens (tertiary/aromatic N) is 4. The van der Waals surface area contributed by atoms with Crippen molar-refractivity contribution in [2.75, 3.05) is 0 Å². The van der Waals surface area contributed by atoms with E-state index in [1.54, 1.807) is 17.9 Å². The minimum absolute atomic E-state index is 0.0663. The third kappa shape index (κ3) is 4.45. The van der Waals surface area contributed by atoms with Crippen LogP contribution in [0.15, 0.2) is 33.8 Å². The summed E-state index contributed by atoms with van der Waals surface area (Å²) in [5, 5.41) is 14.2.